The molecule has 1 heterocycles. The molecule has 0 aliphatic heterocycles. The molecule has 11 heteroatoms. The van der Waals surface area contributed by atoms with Crippen molar-refractivity contribution >= 4 is 35.0 Å². The van der Waals surface area contributed by atoms with E-state index >= 15 is 0 Å². The molecule has 0 saturated heterocycles. The van der Waals surface area contributed by atoms with Crippen LogP contribution < -0.4 is 10.5 Å². The Labute approximate surface area is 169 Å². The van der Waals surface area contributed by atoms with Crippen molar-refractivity contribution in [2.75, 3.05) is 7.11 Å². The van der Waals surface area contributed by atoms with Gasteiger partial charge in [-0.2, -0.15) is 5.10 Å². The van der Waals surface area contributed by atoms with Crippen LogP contribution in [0.4, 0.5) is 8.78 Å². The highest BCUT2D eigenvalue weighted by Crippen LogP contribution is 2.45. The number of benzene rings is 1. The fraction of sp³-hybridized carbons (Fsp3) is 0.353. The van der Waals surface area contributed by atoms with Crippen LogP contribution in [0, 0.1) is 0 Å². The number of methoxy groups -OCH3 is 1. The van der Waals surface area contributed by atoms with Crippen LogP contribution in [0.2, 0.25) is 10.0 Å². The summed E-state index contributed by atoms with van der Waals surface area (Å²) in [6.45, 7) is -0.429. The van der Waals surface area contributed by atoms with Gasteiger partial charge in [-0.1, -0.05) is 28.4 Å². The Morgan fingerprint density at radius 3 is 2.75 bits per heavy atom. The maximum atomic E-state index is 13.1. The Kier molecular flexibility index (Phi) is 6.04. The van der Waals surface area contributed by atoms with E-state index < -0.39 is 24.6 Å². The second-order valence-corrected chi connectivity index (χ2v) is 6.92. The maximum absolute atomic E-state index is 13.1. The first-order valence-electron chi connectivity index (χ1n) is 8.23. The lowest BCUT2D eigenvalue weighted by molar-refractivity contribution is -0.144. The summed E-state index contributed by atoms with van der Waals surface area (Å²) in [6.07, 6.45) is -1.25. The molecule has 0 unspecified atom stereocenters. The normalized spacial score (nSPS) is 14.4. The van der Waals surface area contributed by atoms with Crippen LogP contribution >= 0.6 is 23.2 Å². The first-order chi connectivity index (χ1) is 13.3. The minimum atomic E-state index is -2.84. The number of carbonyl (C=O) groups excluding carboxylic acids is 1. The van der Waals surface area contributed by atoms with Gasteiger partial charge in [0.05, 0.1) is 23.4 Å². The summed E-state index contributed by atoms with van der Waals surface area (Å²) in [5.41, 5.74) is 6.02. The zero-order valence-corrected chi connectivity index (χ0v) is 16.2. The molecule has 1 fully saturated rings. The lowest BCUT2D eigenvalue weighted by Gasteiger charge is -2.08. The van der Waals surface area contributed by atoms with Crippen LogP contribution in [0.1, 0.15) is 42.1 Å². The molecule has 2 aromatic rings. The number of oxime groups is 1. The van der Waals surface area contributed by atoms with Gasteiger partial charge in [0.1, 0.15) is 18.0 Å². The van der Waals surface area contributed by atoms with Gasteiger partial charge in [-0.25, -0.2) is 13.6 Å². The van der Waals surface area contributed by atoms with E-state index in [0.717, 1.165) is 17.5 Å². The van der Waals surface area contributed by atoms with Gasteiger partial charge in [0.25, 0.3) is 6.43 Å². The van der Waals surface area contributed by atoms with Crippen molar-refractivity contribution in [1.82, 2.24) is 9.78 Å². The Balaban J connectivity index is 1.75. The summed E-state index contributed by atoms with van der Waals surface area (Å²) >= 11 is 11.9. The number of alkyl halides is 2. The predicted molar refractivity (Wildman–Crippen MR) is 99.0 cm³/mol. The van der Waals surface area contributed by atoms with Crippen LogP contribution in [0.15, 0.2) is 23.4 Å². The summed E-state index contributed by atoms with van der Waals surface area (Å²) in [7, 11) is 1.44. The molecule has 7 nitrogen and oxygen atoms in total. The van der Waals surface area contributed by atoms with E-state index in [4.69, 9.17) is 38.5 Å². The van der Waals surface area contributed by atoms with E-state index in [1.807, 2.05) is 0 Å². The number of hydrogen-bond donors (Lipinski definition) is 1. The molecule has 28 heavy (non-hydrogen) atoms. The van der Waals surface area contributed by atoms with Crippen LogP contribution in [0.5, 0.6) is 5.75 Å². The highest BCUT2D eigenvalue weighted by molar-refractivity contribution is 6.32. The fourth-order valence-corrected chi connectivity index (χ4v) is 3.20. The van der Waals surface area contributed by atoms with Crippen molar-refractivity contribution in [2.24, 2.45) is 10.9 Å². The Morgan fingerprint density at radius 2 is 2.14 bits per heavy atom. The van der Waals surface area contributed by atoms with Gasteiger partial charge < -0.3 is 15.3 Å². The predicted octanol–water partition coefficient (Wildman–Crippen LogP) is 3.88. The van der Waals surface area contributed by atoms with Crippen LogP contribution in [0.3, 0.4) is 0 Å². The zero-order valence-electron chi connectivity index (χ0n) is 14.7. The number of rotatable bonds is 7. The second kappa shape index (κ2) is 8.32. The number of nitrogens with zero attached hydrogens (tertiary/aromatic N) is 3. The van der Waals surface area contributed by atoms with Gasteiger partial charge in [-0.3, -0.25) is 4.68 Å². The number of amidine groups is 1. The fourth-order valence-electron chi connectivity index (χ4n) is 2.66. The van der Waals surface area contributed by atoms with Crippen LogP contribution in [0.25, 0.3) is 0 Å². The smallest absolute Gasteiger partial charge is 0.356 e. The third-order valence-corrected chi connectivity index (χ3v) is 4.71. The lowest BCUT2D eigenvalue weighted by Crippen LogP contribution is -2.19. The molecule has 0 atom stereocenters. The quantitative estimate of drug-likeness (QED) is 0.310. The number of halogens is 4. The molecular formula is C17H16Cl2F2N4O3. The molecule has 0 bridgehead atoms. The van der Waals surface area contributed by atoms with Gasteiger partial charge in [-0.05, 0) is 31.0 Å². The third-order valence-electron chi connectivity index (χ3n) is 4.09. The molecule has 1 aromatic carbocycles. The first-order valence-corrected chi connectivity index (χ1v) is 8.98. The van der Waals surface area contributed by atoms with E-state index in [1.54, 1.807) is 12.1 Å². The van der Waals surface area contributed by atoms with Crippen molar-refractivity contribution < 1.29 is 23.1 Å². The lowest BCUT2D eigenvalue weighted by atomic mass is 10.2. The van der Waals surface area contributed by atoms with Gasteiger partial charge in [-0.15, -0.1) is 0 Å². The molecule has 0 amide bonds. The van der Waals surface area contributed by atoms with Crippen LogP contribution in [-0.2, 0) is 16.2 Å². The van der Waals surface area contributed by atoms with E-state index in [-0.39, 0.29) is 16.8 Å². The minimum Gasteiger partial charge on any atom is -0.496 e. The average Bonchev–Trinajstić information content (AvgIpc) is 3.43. The highest BCUT2D eigenvalue weighted by Gasteiger charge is 2.34. The summed E-state index contributed by atoms with van der Waals surface area (Å²) < 4.78 is 32.4. The van der Waals surface area contributed by atoms with Gasteiger partial charge in [0.2, 0.25) is 0 Å². The highest BCUT2D eigenvalue weighted by atomic mass is 35.5. The summed E-state index contributed by atoms with van der Waals surface area (Å²) in [5.74, 6) is -0.588. The molecule has 0 radical (unpaired) electrons. The Bertz CT molecular complexity index is 929. The second-order valence-electron chi connectivity index (χ2n) is 6.10. The maximum Gasteiger partial charge on any atom is 0.356 e. The molecular weight excluding hydrogens is 417 g/mol. The molecule has 1 aromatic heterocycles. The van der Waals surface area contributed by atoms with Crippen LogP contribution in [-0.4, -0.2) is 28.7 Å². The van der Waals surface area contributed by atoms with Gasteiger partial charge in [0, 0.05) is 10.9 Å². The first kappa shape index (κ1) is 20.3. The van der Waals surface area contributed by atoms with Crippen molar-refractivity contribution in [1.29, 1.82) is 0 Å². The van der Waals surface area contributed by atoms with Crippen molar-refractivity contribution in [2.45, 2.75) is 31.7 Å². The topological polar surface area (TPSA) is 91.7 Å². The average molecular weight is 433 g/mol. The number of nitrogens with two attached hydrogens (primary N) is 1. The van der Waals surface area contributed by atoms with Gasteiger partial charge in [0.15, 0.2) is 5.84 Å². The third kappa shape index (κ3) is 4.36. The number of aromatic nitrogens is 2. The van der Waals surface area contributed by atoms with E-state index in [9.17, 15) is 13.6 Å². The monoisotopic (exact) mass is 432 g/mol. The summed E-state index contributed by atoms with van der Waals surface area (Å²) in [6, 6.07) is 4.69. The standard InChI is InChI=1S/C17H16Cl2F2N4O3/c1-27-11-5-4-9(18)6-10(11)17(22)24-28-12(26)7-25-15(8-2-3-8)13(19)14(23-25)16(20)21/h4-6,8,16H,2-3,7H2,1H3,(H2,22,24). The van der Waals surface area contributed by atoms with E-state index in [2.05, 4.69) is 10.3 Å². The summed E-state index contributed by atoms with van der Waals surface area (Å²) in [4.78, 5) is 16.9. The molecule has 1 aliphatic carbocycles. The van der Waals surface area contributed by atoms with Crippen molar-refractivity contribution in [3.05, 3.63) is 45.2 Å². The molecule has 1 aliphatic rings. The Morgan fingerprint density at radius 1 is 1.43 bits per heavy atom. The van der Waals surface area contributed by atoms with Gasteiger partial charge >= 0.3 is 5.97 Å². The SMILES string of the molecule is COc1ccc(Cl)cc1/C(N)=N/OC(=O)Cn1nc(C(F)F)c(Cl)c1C1CC1. The number of carbonyl (C=O) groups is 1. The summed E-state index contributed by atoms with van der Waals surface area (Å²) in [5, 5.41) is 7.61. The molecule has 0 spiro atoms. The molecule has 2 N–H and O–H groups in total. The van der Waals surface area contributed by atoms with E-state index in [0.29, 0.717) is 22.0 Å². The van der Waals surface area contributed by atoms with E-state index in [1.165, 1.54) is 13.2 Å². The van der Waals surface area contributed by atoms with Crippen molar-refractivity contribution in [3.63, 3.8) is 0 Å². The molecule has 3 rings (SSSR count). The molecule has 1 saturated carbocycles. The minimum absolute atomic E-state index is 0.00425. The van der Waals surface area contributed by atoms with Crippen molar-refractivity contribution in [3.8, 4) is 5.75 Å². The number of hydrogen-bond acceptors (Lipinski definition) is 5. The number of ether oxygens (including phenoxy) is 1. The Hall–Kier alpha value is -2.39. The largest absolute Gasteiger partial charge is 0.496 e. The zero-order chi connectivity index (χ0) is 20.4. The molecule has 150 valence electrons.